The Morgan fingerprint density at radius 2 is 0.895 bits per heavy atom. The minimum Gasteiger partial charge on any atom is -0.478 e. The van der Waals surface area contributed by atoms with Crippen LogP contribution in [0.2, 0.25) is 0 Å². The number of rotatable bonds is 4. The van der Waals surface area contributed by atoms with Crippen LogP contribution in [0.5, 0.6) is 0 Å². The lowest BCUT2D eigenvalue weighted by Crippen LogP contribution is -2.12. The quantitative estimate of drug-likeness (QED) is 0.533. The van der Waals surface area contributed by atoms with Crippen LogP contribution in [-0.4, -0.2) is 55.3 Å². The molecule has 1 heterocycles. The first kappa shape index (κ1) is 18.9. The number of aromatic carboxylic acids is 4. The van der Waals surface area contributed by atoms with Crippen molar-refractivity contribution in [3.63, 3.8) is 0 Å². The third-order valence-electron chi connectivity index (χ3n) is 1.72. The van der Waals surface area contributed by atoms with Gasteiger partial charge >= 0.3 is 23.9 Å². The first-order valence-electron chi connectivity index (χ1n) is 3.87. The van der Waals surface area contributed by atoms with E-state index in [1.54, 1.807) is 0 Å². The zero-order valence-electron chi connectivity index (χ0n) is 8.83. The Hall–Kier alpha value is -2.50. The van der Waals surface area contributed by atoms with Crippen molar-refractivity contribution < 1.29 is 50.6 Å². The van der Waals surface area contributed by atoms with E-state index < -0.39 is 44.8 Å². The van der Waals surface area contributed by atoms with Crippen LogP contribution in [0.1, 0.15) is 40.1 Å². The van der Waals surface area contributed by atoms with Crippen molar-refractivity contribution in [3.8, 4) is 0 Å². The highest BCUT2D eigenvalue weighted by Gasteiger charge is 2.33. The van der Waals surface area contributed by atoms with Gasteiger partial charge in [0.1, 0.15) is 20.9 Å². The van der Waals surface area contributed by atoms with Gasteiger partial charge in [0.25, 0.3) is 0 Å². The normalized spacial score (nSPS) is 8.84. The van der Waals surface area contributed by atoms with E-state index in [0.717, 1.165) is 0 Å². The van der Waals surface area contributed by atoms with Crippen LogP contribution in [0.25, 0.3) is 0 Å². The second-order valence-corrected chi connectivity index (χ2v) is 3.75. The van der Waals surface area contributed by atoms with E-state index in [-0.39, 0.29) is 22.3 Å². The predicted molar refractivity (Wildman–Crippen MR) is 59.4 cm³/mol. The molecule has 8 N–H and O–H groups in total. The molecule has 0 aliphatic rings. The molecule has 0 saturated carbocycles. The molecule has 0 spiro atoms. The monoisotopic (exact) mass is 296 g/mol. The first-order chi connectivity index (χ1) is 7.77. The Kier molecular flexibility index (Phi) is 6.39. The van der Waals surface area contributed by atoms with Gasteiger partial charge in [-0.3, -0.25) is 0 Å². The molecule has 0 fully saturated rings. The standard InChI is InChI=1S/C8H4O8S.2H2O/c9-5(10)1-2(6(11)12)4(8(15)16)17-3(1)7(13)14;;/h(H,9,10)(H,11,12)(H,13,14)(H,15,16);2*1H2. The summed E-state index contributed by atoms with van der Waals surface area (Å²) in [7, 11) is 0. The number of hydrogen-bond acceptors (Lipinski definition) is 5. The fraction of sp³-hybridized carbons (Fsp3) is 0. The molecule has 0 aliphatic carbocycles. The molecule has 1 aromatic rings. The molecule has 0 aromatic carbocycles. The van der Waals surface area contributed by atoms with Gasteiger partial charge in [-0.2, -0.15) is 0 Å². The summed E-state index contributed by atoms with van der Waals surface area (Å²) in [4.78, 5) is 41.3. The number of carbonyl (C=O) groups is 4. The molecular formula is C8H8O10S. The average molecular weight is 296 g/mol. The maximum atomic E-state index is 10.8. The average Bonchev–Trinajstić information content (AvgIpc) is 2.56. The zero-order chi connectivity index (χ0) is 13.3. The Balaban J connectivity index is 0. The Morgan fingerprint density at radius 1 is 0.632 bits per heavy atom. The topological polar surface area (TPSA) is 212 Å². The van der Waals surface area contributed by atoms with E-state index in [9.17, 15) is 19.2 Å². The molecule has 11 heteroatoms. The van der Waals surface area contributed by atoms with E-state index in [4.69, 9.17) is 20.4 Å². The molecule has 0 aliphatic heterocycles. The molecule has 0 radical (unpaired) electrons. The summed E-state index contributed by atoms with van der Waals surface area (Å²) in [6.07, 6.45) is 0. The third-order valence-corrected chi connectivity index (χ3v) is 2.89. The van der Waals surface area contributed by atoms with Gasteiger partial charge in [0.15, 0.2) is 0 Å². The molecular weight excluding hydrogens is 288 g/mol. The molecule has 1 rings (SSSR count). The summed E-state index contributed by atoms with van der Waals surface area (Å²) in [5, 5.41) is 34.8. The van der Waals surface area contributed by atoms with Gasteiger partial charge in [-0.15, -0.1) is 11.3 Å². The second-order valence-electron chi connectivity index (χ2n) is 2.73. The maximum absolute atomic E-state index is 10.8. The smallest absolute Gasteiger partial charge is 0.346 e. The number of hydrogen-bond donors (Lipinski definition) is 4. The fourth-order valence-electron chi connectivity index (χ4n) is 1.14. The Morgan fingerprint density at radius 3 is 1.05 bits per heavy atom. The van der Waals surface area contributed by atoms with Gasteiger partial charge in [-0.25, -0.2) is 19.2 Å². The van der Waals surface area contributed by atoms with Crippen molar-refractivity contribution >= 4 is 35.2 Å². The second kappa shape index (κ2) is 6.44. The van der Waals surface area contributed by atoms with Crippen LogP contribution in [0.3, 0.4) is 0 Å². The van der Waals surface area contributed by atoms with Crippen LogP contribution in [0.15, 0.2) is 0 Å². The summed E-state index contributed by atoms with van der Waals surface area (Å²) in [6.45, 7) is 0. The van der Waals surface area contributed by atoms with Crippen molar-refractivity contribution in [1.82, 2.24) is 0 Å². The summed E-state index contributed by atoms with van der Waals surface area (Å²) in [5.41, 5.74) is -2.04. The van der Waals surface area contributed by atoms with Gasteiger partial charge in [0.2, 0.25) is 0 Å². The van der Waals surface area contributed by atoms with Crippen LogP contribution < -0.4 is 0 Å². The number of carboxylic acid groups (broad SMARTS) is 4. The van der Waals surface area contributed by atoms with Gasteiger partial charge < -0.3 is 31.4 Å². The molecule has 0 saturated heterocycles. The highest BCUT2D eigenvalue weighted by Crippen LogP contribution is 2.29. The summed E-state index contributed by atoms with van der Waals surface area (Å²) in [6, 6.07) is 0. The zero-order valence-corrected chi connectivity index (χ0v) is 9.65. The van der Waals surface area contributed by atoms with Crippen LogP contribution >= 0.6 is 11.3 Å². The summed E-state index contributed by atoms with van der Waals surface area (Å²) < 4.78 is 0. The number of carboxylic acids is 4. The van der Waals surface area contributed by atoms with Crippen molar-refractivity contribution in [2.45, 2.75) is 0 Å². The van der Waals surface area contributed by atoms with E-state index in [2.05, 4.69) is 0 Å². The molecule has 0 amide bonds. The maximum Gasteiger partial charge on any atom is 0.346 e. The van der Waals surface area contributed by atoms with Crippen LogP contribution in [-0.2, 0) is 0 Å². The minimum absolute atomic E-state index is 0. The van der Waals surface area contributed by atoms with E-state index in [1.807, 2.05) is 0 Å². The molecule has 10 nitrogen and oxygen atoms in total. The SMILES string of the molecule is O.O.O=C(O)c1sc(C(=O)O)c(C(=O)O)c1C(=O)O. The highest BCUT2D eigenvalue weighted by molar-refractivity contribution is 7.16. The first-order valence-corrected chi connectivity index (χ1v) is 4.69. The third kappa shape index (κ3) is 3.25. The number of thiophene rings is 1. The largest absolute Gasteiger partial charge is 0.478 e. The lowest BCUT2D eigenvalue weighted by Gasteiger charge is -1.96. The fourth-order valence-corrected chi connectivity index (χ4v) is 2.10. The van der Waals surface area contributed by atoms with Crippen molar-refractivity contribution in [2.75, 3.05) is 0 Å². The van der Waals surface area contributed by atoms with E-state index in [1.165, 1.54) is 0 Å². The van der Waals surface area contributed by atoms with Crippen molar-refractivity contribution in [2.24, 2.45) is 0 Å². The van der Waals surface area contributed by atoms with Gasteiger partial charge in [0.05, 0.1) is 0 Å². The molecule has 0 bridgehead atoms. The molecule has 1 aromatic heterocycles. The Bertz CT molecular complexity index is 495. The van der Waals surface area contributed by atoms with E-state index >= 15 is 0 Å². The van der Waals surface area contributed by atoms with Crippen LogP contribution in [0.4, 0.5) is 0 Å². The predicted octanol–water partition coefficient (Wildman–Crippen LogP) is -1.11. The lowest BCUT2D eigenvalue weighted by atomic mass is 10.1. The molecule has 0 atom stereocenters. The summed E-state index contributed by atoms with van der Waals surface area (Å²) in [5.74, 6) is -6.99. The molecule has 19 heavy (non-hydrogen) atoms. The van der Waals surface area contributed by atoms with Crippen molar-refractivity contribution in [1.29, 1.82) is 0 Å². The van der Waals surface area contributed by atoms with E-state index in [0.29, 0.717) is 0 Å². The Labute approximate surface area is 107 Å². The molecule has 106 valence electrons. The van der Waals surface area contributed by atoms with Crippen molar-refractivity contribution in [3.05, 3.63) is 20.9 Å². The van der Waals surface area contributed by atoms with Crippen LogP contribution in [0, 0.1) is 0 Å². The van der Waals surface area contributed by atoms with Gasteiger partial charge in [0, 0.05) is 0 Å². The van der Waals surface area contributed by atoms with Gasteiger partial charge in [-0.05, 0) is 0 Å². The van der Waals surface area contributed by atoms with Gasteiger partial charge in [-0.1, -0.05) is 0 Å². The minimum atomic E-state index is -1.80. The highest BCUT2D eigenvalue weighted by atomic mass is 32.1. The summed E-state index contributed by atoms with van der Waals surface area (Å²) >= 11 is 0.0982. The lowest BCUT2D eigenvalue weighted by molar-refractivity contribution is 0.0628. The molecule has 0 unspecified atom stereocenters.